The van der Waals surface area contributed by atoms with Gasteiger partial charge < -0.3 is 19.8 Å². The normalized spacial score (nSPS) is 17.3. The second-order valence-electron chi connectivity index (χ2n) is 5.09. The van der Waals surface area contributed by atoms with E-state index in [1.54, 1.807) is 29.2 Å². The number of benzene rings is 1. The van der Waals surface area contributed by atoms with Crippen molar-refractivity contribution in [3.8, 4) is 5.75 Å². The predicted octanol–water partition coefficient (Wildman–Crippen LogP) is 1.14. The van der Waals surface area contributed by atoms with Crippen LogP contribution < -0.4 is 4.74 Å². The lowest BCUT2D eigenvalue weighted by Gasteiger charge is -2.35. The summed E-state index contributed by atoms with van der Waals surface area (Å²) in [6, 6.07) is 6.89. The highest BCUT2D eigenvalue weighted by Crippen LogP contribution is 2.24. The molecule has 0 unspecified atom stereocenters. The molecule has 0 aromatic heterocycles. The van der Waals surface area contributed by atoms with Crippen LogP contribution in [0.2, 0.25) is 0 Å². The number of amides is 1. The molecule has 2 rings (SSSR count). The van der Waals surface area contributed by atoms with Gasteiger partial charge in [-0.2, -0.15) is 0 Å². The van der Waals surface area contributed by atoms with Crippen molar-refractivity contribution in [2.45, 2.75) is 25.4 Å². The maximum atomic E-state index is 12.4. The van der Waals surface area contributed by atoms with E-state index in [-0.39, 0.29) is 31.8 Å². The Morgan fingerprint density at radius 2 is 2.00 bits per heavy atom. The van der Waals surface area contributed by atoms with E-state index in [0.717, 1.165) is 0 Å². The molecule has 1 aromatic rings. The number of rotatable bonds is 4. The zero-order valence-corrected chi connectivity index (χ0v) is 11.9. The van der Waals surface area contributed by atoms with Crippen molar-refractivity contribution >= 4 is 11.9 Å². The minimum absolute atomic E-state index is 0.0409. The minimum atomic E-state index is -1.72. The standard InChI is InChI=1S/C15H19NO5/c1-2-21-12-5-3-4-11(10-12)13(17)16-8-6-15(20,7-9-16)14(18)19/h3-5,10,20H,2,6-9H2,1H3,(H,18,19). The molecule has 6 heteroatoms. The number of piperidine rings is 1. The highest BCUT2D eigenvalue weighted by Gasteiger charge is 2.40. The van der Waals surface area contributed by atoms with E-state index in [4.69, 9.17) is 9.84 Å². The molecular formula is C15H19NO5. The van der Waals surface area contributed by atoms with Gasteiger partial charge in [-0.3, -0.25) is 4.79 Å². The fourth-order valence-electron chi connectivity index (χ4n) is 2.36. The summed E-state index contributed by atoms with van der Waals surface area (Å²) in [6.07, 6.45) is 0.0818. The number of carboxylic acid groups (broad SMARTS) is 1. The zero-order chi connectivity index (χ0) is 15.5. The van der Waals surface area contributed by atoms with Crippen LogP contribution in [0.15, 0.2) is 24.3 Å². The Labute approximate surface area is 122 Å². The number of likely N-dealkylation sites (tertiary alicyclic amines) is 1. The van der Waals surface area contributed by atoms with E-state index in [0.29, 0.717) is 17.9 Å². The first-order valence-electron chi connectivity index (χ1n) is 6.94. The van der Waals surface area contributed by atoms with Crippen molar-refractivity contribution < 1.29 is 24.5 Å². The van der Waals surface area contributed by atoms with Crippen molar-refractivity contribution in [2.75, 3.05) is 19.7 Å². The Hall–Kier alpha value is -2.08. The lowest BCUT2D eigenvalue weighted by molar-refractivity contribution is -0.162. The number of carbonyl (C=O) groups is 2. The topological polar surface area (TPSA) is 87.1 Å². The van der Waals surface area contributed by atoms with E-state index in [1.807, 2.05) is 6.92 Å². The molecule has 0 spiro atoms. The predicted molar refractivity (Wildman–Crippen MR) is 75.3 cm³/mol. The molecule has 1 aliphatic heterocycles. The van der Waals surface area contributed by atoms with E-state index < -0.39 is 11.6 Å². The SMILES string of the molecule is CCOc1cccc(C(=O)N2CCC(O)(C(=O)O)CC2)c1. The fraction of sp³-hybridized carbons (Fsp3) is 0.467. The van der Waals surface area contributed by atoms with Crippen molar-refractivity contribution in [2.24, 2.45) is 0 Å². The molecule has 21 heavy (non-hydrogen) atoms. The molecule has 0 saturated carbocycles. The van der Waals surface area contributed by atoms with E-state index in [2.05, 4.69) is 0 Å². The molecule has 0 bridgehead atoms. The molecule has 1 heterocycles. The maximum absolute atomic E-state index is 12.4. The fourth-order valence-corrected chi connectivity index (χ4v) is 2.36. The Kier molecular flexibility index (Phi) is 4.47. The van der Waals surface area contributed by atoms with Gasteiger partial charge in [0.2, 0.25) is 0 Å². The smallest absolute Gasteiger partial charge is 0.335 e. The average Bonchev–Trinajstić information content (AvgIpc) is 2.48. The molecular weight excluding hydrogens is 274 g/mol. The van der Waals surface area contributed by atoms with E-state index in [1.165, 1.54) is 0 Å². The molecule has 1 fully saturated rings. The highest BCUT2D eigenvalue weighted by molar-refractivity contribution is 5.94. The quantitative estimate of drug-likeness (QED) is 0.869. The number of hydrogen-bond donors (Lipinski definition) is 2. The number of carbonyl (C=O) groups excluding carboxylic acids is 1. The van der Waals surface area contributed by atoms with Crippen LogP contribution in [0.3, 0.4) is 0 Å². The summed E-state index contributed by atoms with van der Waals surface area (Å²) >= 11 is 0. The van der Waals surface area contributed by atoms with Gasteiger partial charge in [0, 0.05) is 31.5 Å². The van der Waals surface area contributed by atoms with Crippen LogP contribution in [0, 0.1) is 0 Å². The molecule has 0 aliphatic carbocycles. The molecule has 1 aliphatic rings. The van der Waals surface area contributed by atoms with Crippen LogP contribution >= 0.6 is 0 Å². The van der Waals surface area contributed by atoms with Gasteiger partial charge in [-0.05, 0) is 25.1 Å². The van der Waals surface area contributed by atoms with Crippen LogP contribution in [-0.2, 0) is 4.79 Å². The number of aliphatic hydroxyl groups is 1. The van der Waals surface area contributed by atoms with Crippen molar-refractivity contribution in [1.82, 2.24) is 4.90 Å². The summed E-state index contributed by atoms with van der Waals surface area (Å²) < 4.78 is 5.36. The van der Waals surface area contributed by atoms with E-state index >= 15 is 0 Å². The van der Waals surface area contributed by atoms with Crippen LogP contribution in [0.5, 0.6) is 5.75 Å². The highest BCUT2D eigenvalue weighted by atomic mass is 16.5. The minimum Gasteiger partial charge on any atom is -0.494 e. The Balaban J connectivity index is 2.05. The third kappa shape index (κ3) is 3.33. The van der Waals surface area contributed by atoms with Crippen molar-refractivity contribution in [1.29, 1.82) is 0 Å². The maximum Gasteiger partial charge on any atom is 0.335 e. The first kappa shape index (κ1) is 15.3. The number of carboxylic acids is 1. The van der Waals surface area contributed by atoms with Gasteiger partial charge in [0.15, 0.2) is 5.60 Å². The molecule has 0 atom stereocenters. The van der Waals surface area contributed by atoms with Crippen LogP contribution in [0.25, 0.3) is 0 Å². The van der Waals surface area contributed by atoms with Crippen LogP contribution in [0.4, 0.5) is 0 Å². The van der Waals surface area contributed by atoms with Gasteiger partial charge in [-0.15, -0.1) is 0 Å². The van der Waals surface area contributed by atoms with Crippen molar-refractivity contribution in [3.05, 3.63) is 29.8 Å². The second kappa shape index (κ2) is 6.13. The average molecular weight is 293 g/mol. The number of nitrogens with zero attached hydrogens (tertiary/aromatic N) is 1. The van der Waals surface area contributed by atoms with Gasteiger partial charge in [-0.25, -0.2) is 4.79 Å². The van der Waals surface area contributed by atoms with Crippen LogP contribution in [0.1, 0.15) is 30.1 Å². The van der Waals surface area contributed by atoms with Gasteiger partial charge in [-0.1, -0.05) is 6.07 Å². The summed E-state index contributed by atoms with van der Waals surface area (Å²) in [5, 5.41) is 18.8. The molecule has 6 nitrogen and oxygen atoms in total. The lowest BCUT2D eigenvalue weighted by Crippen LogP contribution is -2.50. The monoisotopic (exact) mass is 293 g/mol. The van der Waals surface area contributed by atoms with Gasteiger partial charge in [0.1, 0.15) is 5.75 Å². The summed E-state index contributed by atoms with van der Waals surface area (Å²) in [4.78, 5) is 24.9. The summed E-state index contributed by atoms with van der Waals surface area (Å²) in [6.45, 7) is 2.83. The summed E-state index contributed by atoms with van der Waals surface area (Å²) in [7, 11) is 0. The first-order valence-corrected chi connectivity index (χ1v) is 6.94. The van der Waals surface area contributed by atoms with Gasteiger partial charge in [0.25, 0.3) is 5.91 Å². The summed E-state index contributed by atoms with van der Waals surface area (Å²) in [5.74, 6) is -0.778. The molecule has 0 radical (unpaired) electrons. The molecule has 1 amide bonds. The van der Waals surface area contributed by atoms with Gasteiger partial charge in [0.05, 0.1) is 6.61 Å². The van der Waals surface area contributed by atoms with Crippen molar-refractivity contribution in [3.63, 3.8) is 0 Å². The lowest BCUT2D eigenvalue weighted by atomic mass is 9.91. The van der Waals surface area contributed by atoms with Crippen LogP contribution in [-0.4, -0.2) is 52.3 Å². The van der Waals surface area contributed by atoms with E-state index in [9.17, 15) is 14.7 Å². The third-order valence-corrected chi connectivity index (χ3v) is 3.67. The third-order valence-electron chi connectivity index (χ3n) is 3.67. The first-order chi connectivity index (χ1) is 9.96. The Morgan fingerprint density at radius 1 is 1.33 bits per heavy atom. The second-order valence-corrected chi connectivity index (χ2v) is 5.09. The summed E-state index contributed by atoms with van der Waals surface area (Å²) in [5.41, 5.74) is -1.22. The van der Waals surface area contributed by atoms with Gasteiger partial charge >= 0.3 is 5.97 Å². The Morgan fingerprint density at radius 3 is 2.57 bits per heavy atom. The molecule has 114 valence electrons. The zero-order valence-electron chi connectivity index (χ0n) is 11.9. The number of aliphatic carboxylic acids is 1. The largest absolute Gasteiger partial charge is 0.494 e. The molecule has 1 saturated heterocycles. The molecule has 1 aromatic carbocycles. The Bertz CT molecular complexity index is 535. The number of hydrogen-bond acceptors (Lipinski definition) is 4. The molecule has 2 N–H and O–H groups in total. The number of ether oxygens (including phenoxy) is 1.